The second-order valence-electron chi connectivity index (χ2n) is 4.70. The number of halogens is 3. The molecule has 0 saturated carbocycles. The van der Waals surface area contributed by atoms with Crippen LogP contribution in [0.1, 0.15) is 37.0 Å². The Kier molecular flexibility index (Phi) is 3.09. The molecule has 1 aliphatic heterocycles. The van der Waals surface area contributed by atoms with E-state index in [2.05, 4.69) is 4.74 Å². The SMILES string of the molecule is CC(C)c1ccc(C2OC(=O)[C@@H]2C(F)(F)F)cc1. The van der Waals surface area contributed by atoms with Gasteiger partial charge in [-0.1, -0.05) is 38.1 Å². The van der Waals surface area contributed by atoms with Crippen LogP contribution in [0.15, 0.2) is 24.3 Å². The number of alkyl halides is 3. The van der Waals surface area contributed by atoms with E-state index in [1.165, 1.54) is 0 Å². The van der Waals surface area contributed by atoms with Crippen LogP contribution in [0.2, 0.25) is 0 Å². The summed E-state index contributed by atoms with van der Waals surface area (Å²) in [6.45, 7) is 3.99. The first kappa shape index (κ1) is 12.9. The lowest BCUT2D eigenvalue weighted by atomic mass is 9.89. The molecule has 0 radical (unpaired) electrons. The summed E-state index contributed by atoms with van der Waals surface area (Å²) in [5.41, 5.74) is 1.43. The molecule has 2 nitrogen and oxygen atoms in total. The predicted octanol–water partition coefficient (Wildman–Crippen LogP) is 3.59. The van der Waals surface area contributed by atoms with Crippen LogP contribution in [0.3, 0.4) is 0 Å². The van der Waals surface area contributed by atoms with Crippen molar-refractivity contribution in [3.8, 4) is 0 Å². The minimum atomic E-state index is -4.54. The molecule has 0 N–H and O–H groups in total. The van der Waals surface area contributed by atoms with Crippen LogP contribution in [0, 0.1) is 5.92 Å². The number of hydrogen-bond donors (Lipinski definition) is 0. The third-order valence-electron chi connectivity index (χ3n) is 3.08. The van der Waals surface area contributed by atoms with Gasteiger partial charge in [-0.2, -0.15) is 13.2 Å². The number of cyclic esters (lactones) is 1. The number of esters is 1. The molecule has 1 aliphatic rings. The van der Waals surface area contributed by atoms with E-state index in [0.717, 1.165) is 5.56 Å². The van der Waals surface area contributed by atoms with Crippen LogP contribution < -0.4 is 0 Å². The molecule has 2 rings (SSSR count). The molecule has 1 saturated heterocycles. The Bertz CT molecular complexity index is 448. The predicted molar refractivity (Wildman–Crippen MR) is 58.9 cm³/mol. The van der Waals surface area contributed by atoms with E-state index < -0.39 is 24.2 Å². The minimum Gasteiger partial charge on any atom is -0.456 e. The number of ether oxygens (including phenoxy) is 1. The molecule has 2 atom stereocenters. The lowest BCUT2D eigenvalue weighted by molar-refractivity contribution is -0.256. The van der Waals surface area contributed by atoms with Crippen LogP contribution in [0.25, 0.3) is 0 Å². The molecule has 18 heavy (non-hydrogen) atoms. The molecule has 1 fully saturated rings. The fraction of sp³-hybridized carbons (Fsp3) is 0.462. The van der Waals surface area contributed by atoms with E-state index in [4.69, 9.17) is 0 Å². The molecule has 1 heterocycles. The number of hydrogen-bond acceptors (Lipinski definition) is 2. The Hall–Kier alpha value is -1.52. The highest BCUT2D eigenvalue weighted by molar-refractivity contribution is 5.80. The smallest absolute Gasteiger partial charge is 0.406 e. The van der Waals surface area contributed by atoms with Gasteiger partial charge in [-0.25, -0.2) is 0 Å². The van der Waals surface area contributed by atoms with E-state index in [-0.39, 0.29) is 0 Å². The zero-order valence-electron chi connectivity index (χ0n) is 9.99. The summed E-state index contributed by atoms with van der Waals surface area (Å²) in [7, 11) is 0. The molecular weight excluding hydrogens is 245 g/mol. The third kappa shape index (κ3) is 2.21. The Balaban J connectivity index is 2.20. The van der Waals surface area contributed by atoms with Crippen LogP contribution in [-0.2, 0) is 9.53 Å². The van der Waals surface area contributed by atoms with Crippen LogP contribution in [-0.4, -0.2) is 12.1 Å². The molecule has 1 unspecified atom stereocenters. The normalized spacial score (nSPS) is 23.8. The quantitative estimate of drug-likeness (QED) is 0.758. The molecule has 5 heteroatoms. The van der Waals surface area contributed by atoms with Gasteiger partial charge >= 0.3 is 12.1 Å². The first-order valence-corrected chi connectivity index (χ1v) is 5.67. The Morgan fingerprint density at radius 3 is 2.11 bits per heavy atom. The van der Waals surface area contributed by atoms with Crippen molar-refractivity contribution >= 4 is 5.97 Å². The number of benzene rings is 1. The lowest BCUT2D eigenvalue weighted by Gasteiger charge is -2.36. The molecule has 0 amide bonds. The maximum atomic E-state index is 12.6. The molecule has 0 aromatic heterocycles. The molecule has 0 spiro atoms. The van der Waals surface area contributed by atoms with E-state index >= 15 is 0 Å². The first-order chi connectivity index (χ1) is 8.30. The van der Waals surface area contributed by atoms with Crippen molar-refractivity contribution in [1.29, 1.82) is 0 Å². The van der Waals surface area contributed by atoms with Gasteiger partial charge in [0.1, 0.15) is 6.10 Å². The monoisotopic (exact) mass is 258 g/mol. The van der Waals surface area contributed by atoms with Gasteiger partial charge in [0, 0.05) is 0 Å². The standard InChI is InChI=1S/C13H13F3O2/c1-7(2)8-3-5-9(6-4-8)11-10(12(17)18-11)13(14,15)16/h3-7,10-11H,1-2H3/t10-,11?/m1/s1. The molecule has 0 bridgehead atoms. The van der Waals surface area contributed by atoms with Crippen molar-refractivity contribution in [2.75, 3.05) is 0 Å². The minimum absolute atomic E-state index is 0.307. The van der Waals surface area contributed by atoms with Crippen molar-refractivity contribution in [2.24, 2.45) is 5.92 Å². The largest absolute Gasteiger partial charge is 0.456 e. The van der Waals surface area contributed by atoms with E-state index in [1.807, 2.05) is 13.8 Å². The third-order valence-corrected chi connectivity index (χ3v) is 3.08. The van der Waals surface area contributed by atoms with Gasteiger partial charge < -0.3 is 4.74 Å². The highest BCUT2D eigenvalue weighted by Gasteiger charge is 2.59. The molecule has 1 aromatic carbocycles. The Morgan fingerprint density at radius 1 is 1.17 bits per heavy atom. The Labute approximate surface area is 103 Å². The van der Waals surface area contributed by atoms with Crippen LogP contribution in [0.4, 0.5) is 13.2 Å². The van der Waals surface area contributed by atoms with Crippen molar-refractivity contribution in [3.05, 3.63) is 35.4 Å². The van der Waals surface area contributed by atoms with Gasteiger partial charge in [-0.15, -0.1) is 0 Å². The fourth-order valence-electron chi connectivity index (χ4n) is 1.95. The van der Waals surface area contributed by atoms with Crippen LogP contribution in [0.5, 0.6) is 0 Å². The highest BCUT2D eigenvalue weighted by Crippen LogP contribution is 2.46. The zero-order valence-corrected chi connectivity index (χ0v) is 9.99. The second kappa shape index (κ2) is 4.30. The highest BCUT2D eigenvalue weighted by atomic mass is 19.4. The van der Waals surface area contributed by atoms with Gasteiger partial charge in [0.2, 0.25) is 0 Å². The maximum Gasteiger partial charge on any atom is 0.406 e. The number of carbonyl (C=O) groups is 1. The summed E-state index contributed by atoms with van der Waals surface area (Å²) >= 11 is 0. The van der Waals surface area contributed by atoms with Crippen molar-refractivity contribution < 1.29 is 22.7 Å². The number of carbonyl (C=O) groups excluding carboxylic acids is 1. The summed E-state index contributed by atoms with van der Waals surface area (Å²) in [6, 6.07) is 6.70. The van der Waals surface area contributed by atoms with E-state index in [9.17, 15) is 18.0 Å². The van der Waals surface area contributed by atoms with Gasteiger partial charge in [-0.05, 0) is 17.0 Å². The number of rotatable bonds is 2. The second-order valence-corrected chi connectivity index (χ2v) is 4.70. The van der Waals surface area contributed by atoms with Gasteiger partial charge in [-0.3, -0.25) is 4.79 Å². The van der Waals surface area contributed by atoms with Crippen molar-refractivity contribution in [2.45, 2.75) is 32.0 Å². The lowest BCUT2D eigenvalue weighted by Crippen LogP contribution is -2.47. The van der Waals surface area contributed by atoms with E-state index in [1.54, 1.807) is 24.3 Å². The van der Waals surface area contributed by atoms with Crippen molar-refractivity contribution in [1.82, 2.24) is 0 Å². The zero-order chi connectivity index (χ0) is 13.5. The van der Waals surface area contributed by atoms with Gasteiger partial charge in [0.05, 0.1) is 0 Å². The van der Waals surface area contributed by atoms with Crippen LogP contribution >= 0.6 is 0 Å². The first-order valence-electron chi connectivity index (χ1n) is 5.67. The Morgan fingerprint density at radius 2 is 1.72 bits per heavy atom. The molecular formula is C13H13F3O2. The van der Waals surface area contributed by atoms with Gasteiger partial charge in [0.25, 0.3) is 0 Å². The average Bonchev–Trinajstić information content (AvgIpc) is 2.23. The molecule has 0 aliphatic carbocycles. The summed E-state index contributed by atoms with van der Waals surface area (Å²) in [5.74, 6) is -2.91. The van der Waals surface area contributed by atoms with Crippen molar-refractivity contribution in [3.63, 3.8) is 0 Å². The molecule has 98 valence electrons. The van der Waals surface area contributed by atoms with E-state index in [0.29, 0.717) is 11.5 Å². The fourth-order valence-corrected chi connectivity index (χ4v) is 1.95. The topological polar surface area (TPSA) is 26.3 Å². The summed E-state index contributed by atoms with van der Waals surface area (Å²) in [6.07, 6.45) is -5.74. The summed E-state index contributed by atoms with van der Waals surface area (Å²) in [4.78, 5) is 10.9. The average molecular weight is 258 g/mol. The molecule has 1 aromatic rings. The summed E-state index contributed by atoms with van der Waals surface area (Å²) < 4.78 is 42.4. The summed E-state index contributed by atoms with van der Waals surface area (Å²) in [5, 5.41) is 0. The maximum absolute atomic E-state index is 12.6. The van der Waals surface area contributed by atoms with Gasteiger partial charge in [0.15, 0.2) is 5.92 Å².